The maximum absolute atomic E-state index is 12.5. The van der Waals surface area contributed by atoms with E-state index in [0.29, 0.717) is 26.1 Å². The Balaban J connectivity index is 1.97. The molecule has 3 atom stereocenters. The molecule has 2 fully saturated rings. The summed E-state index contributed by atoms with van der Waals surface area (Å²) in [6.07, 6.45) is 1.26. The molecule has 0 radical (unpaired) electrons. The van der Waals surface area contributed by atoms with Crippen molar-refractivity contribution in [2.24, 2.45) is 5.92 Å². The first-order valence-electron chi connectivity index (χ1n) is 7.43. The van der Waals surface area contributed by atoms with Crippen molar-refractivity contribution in [3.8, 4) is 0 Å². The molecule has 2 heterocycles. The van der Waals surface area contributed by atoms with Crippen LogP contribution in [0.5, 0.6) is 0 Å². The van der Waals surface area contributed by atoms with Crippen LogP contribution in [0, 0.1) is 5.92 Å². The zero-order valence-electron chi connectivity index (χ0n) is 12.6. The van der Waals surface area contributed by atoms with Gasteiger partial charge in [-0.15, -0.1) is 0 Å². The molecule has 0 aromatic rings. The summed E-state index contributed by atoms with van der Waals surface area (Å²) in [6.45, 7) is 3.22. The van der Waals surface area contributed by atoms with Crippen LogP contribution in [0.1, 0.15) is 26.2 Å². The summed E-state index contributed by atoms with van der Waals surface area (Å²) < 4.78 is 5.20. The van der Waals surface area contributed by atoms with Gasteiger partial charge in [0.25, 0.3) is 0 Å². The number of nitrogens with zero attached hydrogens (tertiary/aromatic N) is 2. The van der Waals surface area contributed by atoms with Crippen molar-refractivity contribution in [3.05, 3.63) is 0 Å². The fraction of sp³-hybridized carbons (Fsp3) is 0.857. The lowest BCUT2D eigenvalue weighted by atomic mass is 9.92. The summed E-state index contributed by atoms with van der Waals surface area (Å²) in [5.74, 6) is -0.767. The van der Waals surface area contributed by atoms with Gasteiger partial charge in [0.1, 0.15) is 6.04 Å². The molecule has 0 spiro atoms. The van der Waals surface area contributed by atoms with Crippen molar-refractivity contribution in [3.63, 3.8) is 0 Å². The van der Waals surface area contributed by atoms with Gasteiger partial charge in [-0.1, -0.05) is 0 Å². The Labute approximate surface area is 124 Å². The van der Waals surface area contributed by atoms with Crippen LogP contribution in [0.4, 0.5) is 4.79 Å². The molecule has 2 aliphatic rings. The highest BCUT2D eigenvalue weighted by atomic mass is 16.5. The van der Waals surface area contributed by atoms with E-state index in [9.17, 15) is 19.8 Å². The third-order valence-corrected chi connectivity index (χ3v) is 4.62. The first-order chi connectivity index (χ1) is 9.93. The Kier molecular flexibility index (Phi) is 5.05. The van der Waals surface area contributed by atoms with Crippen molar-refractivity contribution in [2.45, 2.75) is 44.4 Å². The van der Waals surface area contributed by atoms with Crippen molar-refractivity contribution in [1.29, 1.82) is 0 Å². The predicted molar refractivity (Wildman–Crippen MR) is 74.9 cm³/mol. The van der Waals surface area contributed by atoms with Gasteiger partial charge in [0, 0.05) is 33.2 Å². The standard InChI is InChI=1S/C14H24N2O5/c1-9(17)10-3-5-15(6-4-10)14(20)16-8-11(21-2)7-12(16)13(18)19/h9-12,17H,3-8H2,1-2H3,(H,18,19). The van der Waals surface area contributed by atoms with E-state index in [1.165, 1.54) is 12.0 Å². The first kappa shape index (κ1) is 16.0. The Hall–Kier alpha value is -1.34. The van der Waals surface area contributed by atoms with E-state index in [2.05, 4.69) is 0 Å². The molecule has 0 aromatic heterocycles. The van der Waals surface area contributed by atoms with Crippen LogP contribution < -0.4 is 0 Å². The number of piperidine rings is 1. The lowest BCUT2D eigenvalue weighted by molar-refractivity contribution is -0.141. The fourth-order valence-electron chi connectivity index (χ4n) is 3.17. The van der Waals surface area contributed by atoms with Crippen LogP contribution in [-0.2, 0) is 9.53 Å². The number of amides is 2. The number of hydrogen-bond donors (Lipinski definition) is 2. The number of methoxy groups -OCH3 is 1. The van der Waals surface area contributed by atoms with Crippen molar-refractivity contribution in [1.82, 2.24) is 9.80 Å². The molecule has 0 aromatic carbocycles. The number of ether oxygens (including phenoxy) is 1. The summed E-state index contributed by atoms with van der Waals surface area (Å²) in [5, 5.41) is 18.8. The van der Waals surface area contributed by atoms with Gasteiger partial charge in [0.2, 0.25) is 0 Å². The van der Waals surface area contributed by atoms with E-state index < -0.39 is 12.0 Å². The topological polar surface area (TPSA) is 90.3 Å². The van der Waals surface area contributed by atoms with Crippen LogP contribution in [-0.4, -0.2) is 77.0 Å². The molecule has 21 heavy (non-hydrogen) atoms. The second-order valence-corrected chi connectivity index (χ2v) is 5.95. The minimum atomic E-state index is -0.984. The van der Waals surface area contributed by atoms with Crippen molar-refractivity contribution >= 4 is 12.0 Å². The molecule has 2 saturated heterocycles. The highest BCUT2D eigenvalue weighted by Gasteiger charge is 2.42. The highest BCUT2D eigenvalue weighted by molar-refractivity contribution is 5.83. The number of aliphatic carboxylic acids is 1. The zero-order chi connectivity index (χ0) is 15.6. The molecule has 2 amide bonds. The molecule has 2 N–H and O–H groups in total. The molecule has 3 unspecified atom stereocenters. The van der Waals surface area contributed by atoms with Gasteiger partial charge in [-0.25, -0.2) is 9.59 Å². The van der Waals surface area contributed by atoms with Crippen LogP contribution in [0.3, 0.4) is 0 Å². The molecular formula is C14H24N2O5. The van der Waals surface area contributed by atoms with Crippen LogP contribution in [0.15, 0.2) is 0 Å². The lowest BCUT2D eigenvalue weighted by Gasteiger charge is -2.36. The monoisotopic (exact) mass is 300 g/mol. The van der Waals surface area contributed by atoms with Gasteiger partial charge in [-0.2, -0.15) is 0 Å². The molecular weight excluding hydrogens is 276 g/mol. The Bertz CT molecular complexity index is 393. The third-order valence-electron chi connectivity index (χ3n) is 4.62. The minimum Gasteiger partial charge on any atom is -0.480 e. The zero-order valence-corrected chi connectivity index (χ0v) is 12.6. The molecule has 0 bridgehead atoms. The van der Waals surface area contributed by atoms with E-state index in [-0.39, 0.29) is 24.2 Å². The highest BCUT2D eigenvalue weighted by Crippen LogP contribution is 2.25. The summed E-state index contributed by atoms with van der Waals surface area (Å²) in [4.78, 5) is 26.9. The maximum Gasteiger partial charge on any atom is 0.326 e. The number of aliphatic hydroxyl groups is 1. The normalized spacial score (nSPS) is 28.7. The SMILES string of the molecule is COC1CC(C(=O)O)N(C(=O)N2CCC(C(C)O)CC2)C1. The summed E-state index contributed by atoms with van der Waals surface area (Å²) in [5.41, 5.74) is 0. The van der Waals surface area contributed by atoms with Gasteiger partial charge >= 0.3 is 12.0 Å². The number of carbonyl (C=O) groups excluding carboxylic acids is 1. The average Bonchev–Trinajstić information content (AvgIpc) is 2.91. The second-order valence-electron chi connectivity index (χ2n) is 5.95. The van der Waals surface area contributed by atoms with Crippen molar-refractivity contribution < 1.29 is 24.5 Å². The third kappa shape index (κ3) is 3.47. The van der Waals surface area contributed by atoms with E-state index in [1.54, 1.807) is 11.8 Å². The number of urea groups is 1. The summed E-state index contributed by atoms with van der Waals surface area (Å²) in [7, 11) is 1.53. The lowest BCUT2D eigenvalue weighted by Crippen LogP contribution is -2.51. The number of hydrogen-bond acceptors (Lipinski definition) is 4. The first-order valence-corrected chi connectivity index (χ1v) is 7.43. The summed E-state index contributed by atoms with van der Waals surface area (Å²) in [6, 6.07) is -1.04. The Morgan fingerprint density at radius 2 is 1.90 bits per heavy atom. The largest absolute Gasteiger partial charge is 0.480 e. The van der Waals surface area contributed by atoms with E-state index >= 15 is 0 Å². The molecule has 0 saturated carbocycles. The smallest absolute Gasteiger partial charge is 0.326 e. The number of carbonyl (C=O) groups is 2. The van der Waals surface area contributed by atoms with Crippen LogP contribution in [0.2, 0.25) is 0 Å². The van der Waals surface area contributed by atoms with Gasteiger partial charge in [-0.05, 0) is 25.7 Å². The molecule has 2 rings (SSSR count). The van der Waals surface area contributed by atoms with Crippen molar-refractivity contribution in [2.75, 3.05) is 26.7 Å². The fourth-order valence-corrected chi connectivity index (χ4v) is 3.17. The predicted octanol–water partition coefficient (Wildman–Crippen LogP) is 0.373. The molecule has 2 aliphatic heterocycles. The Morgan fingerprint density at radius 3 is 2.38 bits per heavy atom. The molecule has 7 heteroatoms. The van der Waals surface area contributed by atoms with Gasteiger partial charge in [-0.3, -0.25) is 0 Å². The van der Waals surface area contributed by atoms with Crippen LogP contribution >= 0.6 is 0 Å². The number of rotatable bonds is 3. The summed E-state index contributed by atoms with van der Waals surface area (Å²) >= 11 is 0. The van der Waals surface area contributed by atoms with Gasteiger partial charge < -0.3 is 24.7 Å². The second kappa shape index (κ2) is 6.62. The quantitative estimate of drug-likeness (QED) is 0.786. The number of aliphatic hydroxyl groups excluding tert-OH is 1. The molecule has 7 nitrogen and oxygen atoms in total. The number of likely N-dealkylation sites (tertiary alicyclic amines) is 2. The van der Waals surface area contributed by atoms with E-state index in [0.717, 1.165) is 12.8 Å². The average molecular weight is 300 g/mol. The molecule has 120 valence electrons. The Morgan fingerprint density at radius 1 is 1.29 bits per heavy atom. The number of carboxylic acids is 1. The maximum atomic E-state index is 12.5. The van der Waals surface area contributed by atoms with E-state index in [1.807, 2.05) is 0 Å². The van der Waals surface area contributed by atoms with E-state index in [4.69, 9.17) is 4.74 Å². The minimum absolute atomic E-state index is 0.217. The van der Waals surface area contributed by atoms with Crippen LogP contribution in [0.25, 0.3) is 0 Å². The van der Waals surface area contributed by atoms with Gasteiger partial charge in [0.15, 0.2) is 0 Å². The number of carboxylic acid groups (broad SMARTS) is 1. The van der Waals surface area contributed by atoms with Gasteiger partial charge in [0.05, 0.1) is 12.2 Å². The molecule has 0 aliphatic carbocycles.